The van der Waals surface area contributed by atoms with Gasteiger partial charge in [0.25, 0.3) is 0 Å². The van der Waals surface area contributed by atoms with Crippen LogP contribution in [0.1, 0.15) is 0 Å². The molecule has 0 saturated heterocycles. The Balaban J connectivity index is 1.80. The second kappa shape index (κ2) is 9.09. The van der Waals surface area contributed by atoms with E-state index >= 15 is 0 Å². The average Bonchev–Trinajstić information content (AvgIpc) is 2.81. The second-order valence-corrected chi connectivity index (χ2v) is 9.56. The fourth-order valence-electron chi connectivity index (χ4n) is 3.45. The van der Waals surface area contributed by atoms with Crippen molar-refractivity contribution in [2.45, 2.75) is 16.3 Å². The van der Waals surface area contributed by atoms with Crippen molar-refractivity contribution < 1.29 is 17.9 Å². The fraction of sp³-hybridized carbons (Fsp3) is 0.0833. The molecule has 0 aliphatic rings. The summed E-state index contributed by atoms with van der Waals surface area (Å²) in [6.07, 6.45) is 1.20. The van der Waals surface area contributed by atoms with Crippen molar-refractivity contribution in [1.82, 2.24) is 4.57 Å². The number of pyridine rings is 1. The minimum atomic E-state index is -4.12. The zero-order chi connectivity index (χ0) is 23.6. The average molecular weight is 483 g/mol. The minimum absolute atomic E-state index is 0.0177. The van der Waals surface area contributed by atoms with E-state index in [1.807, 2.05) is 0 Å². The number of ether oxygens (including phenoxy) is 1. The predicted molar refractivity (Wildman–Crippen MR) is 127 cm³/mol. The zero-order valence-corrected chi connectivity index (χ0v) is 19.1. The van der Waals surface area contributed by atoms with Crippen LogP contribution in [0.5, 0.6) is 5.75 Å². The maximum Gasteiger partial charge on any atom is 0.244 e. The topological polar surface area (TPSA) is 94.5 Å². The van der Waals surface area contributed by atoms with Crippen LogP contribution in [0.3, 0.4) is 0 Å². The molecule has 7 nitrogen and oxygen atoms in total. The Kier molecular flexibility index (Phi) is 6.22. The highest BCUT2D eigenvalue weighted by atomic mass is 35.5. The van der Waals surface area contributed by atoms with Gasteiger partial charge in [-0.3, -0.25) is 9.59 Å². The Bertz CT molecular complexity index is 1520. The molecular formula is C24H19ClN2O5S. The third kappa shape index (κ3) is 4.62. The summed E-state index contributed by atoms with van der Waals surface area (Å²) in [6.45, 7) is -0.229. The van der Waals surface area contributed by atoms with E-state index in [4.69, 9.17) is 16.3 Å². The standard InChI is InChI=1S/C24H19ClN2O5S/c1-32-18-7-5-6-17(13-18)26-23(28)15-27-14-22(33(30,31)19-8-3-2-4-9-19)24(29)20-12-16(25)10-11-21(20)27/h2-14H,15H2,1H3,(H,26,28). The number of nitrogens with zero attached hydrogens (tertiary/aromatic N) is 1. The van der Waals surface area contributed by atoms with Gasteiger partial charge in [-0.05, 0) is 42.5 Å². The van der Waals surface area contributed by atoms with Gasteiger partial charge >= 0.3 is 0 Å². The maximum atomic E-state index is 13.2. The Hall–Kier alpha value is -3.62. The largest absolute Gasteiger partial charge is 0.497 e. The van der Waals surface area contributed by atoms with Gasteiger partial charge in [-0.25, -0.2) is 8.42 Å². The molecule has 3 aromatic carbocycles. The molecule has 9 heteroatoms. The highest BCUT2D eigenvalue weighted by Gasteiger charge is 2.24. The number of aromatic nitrogens is 1. The van der Waals surface area contributed by atoms with Crippen molar-refractivity contribution in [3.05, 3.63) is 94.2 Å². The molecule has 0 saturated carbocycles. The van der Waals surface area contributed by atoms with Crippen LogP contribution in [-0.4, -0.2) is 26.0 Å². The number of benzene rings is 3. The van der Waals surface area contributed by atoms with Crippen LogP contribution in [0, 0.1) is 0 Å². The summed E-state index contributed by atoms with van der Waals surface area (Å²) in [7, 11) is -2.60. The van der Waals surface area contributed by atoms with Crippen LogP contribution in [0.15, 0.2) is 93.6 Å². The van der Waals surface area contributed by atoms with Gasteiger partial charge in [0, 0.05) is 28.4 Å². The number of nitrogens with one attached hydrogen (secondary N) is 1. The van der Waals surface area contributed by atoms with Crippen LogP contribution in [0.25, 0.3) is 10.9 Å². The van der Waals surface area contributed by atoms with E-state index < -0.39 is 26.1 Å². The lowest BCUT2D eigenvalue weighted by Gasteiger charge is -2.14. The number of hydrogen-bond acceptors (Lipinski definition) is 5. The van der Waals surface area contributed by atoms with E-state index in [1.165, 1.54) is 36.1 Å². The van der Waals surface area contributed by atoms with Crippen LogP contribution in [-0.2, 0) is 21.2 Å². The zero-order valence-electron chi connectivity index (χ0n) is 17.5. The lowest BCUT2D eigenvalue weighted by Crippen LogP contribution is -2.24. The molecule has 1 heterocycles. The first-order valence-electron chi connectivity index (χ1n) is 9.86. The lowest BCUT2D eigenvalue weighted by molar-refractivity contribution is -0.116. The van der Waals surface area contributed by atoms with Gasteiger partial charge in [0.2, 0.25) is 21.2 Å². The molecule has 33 heavy (non-hydrogen) atoms. The van der Waals surface area contributed by atoms with E-state index in [0.29, 0.717) is 17.0 Å². The molecule has 0 spiro atoms. The number of carbonyl (C=O) groups is 1. The summed E-state index contributed by atoms with van der Waals surface area (Å²) in [4.78, 5) is 25.5. The highest BCUT2D eigenvalue weighted by molar-refractivity contribution is 7.91. The van der Waals surface area contributed by atoms with Crippen molar-refractivity contribution >= 4 is 43.9 Å². The molecule has 1 amide bonds. The number of anilines is 1. The summed E-state index contributed by atoms with van der Waals surface area (Å²) in [5.74, 6) is 0.165. The van der Waals surface area contributed by atoms with E-state index in [-0.39, 0.29) is 21.8 Å². The Morgan fingerprint density at radius 3 is 2.52 bits per heavy atom. The Morgan fingerprint density at radius 2 is 1.79 bits per heavy atom. The Morgan fingerprint density at radius 1 is 1.03 bits per heavy atom. The molecule has 4 rings (SSSR count). The molecule has 4 aromatic rings. The first-order chi connectivity index (χ1) is 15.8. The molecule has 0 aliphatic heterocycles. The van der Waals surface area contributed by atoms with Gasteiger partial charge in [0.15, 0.2) is 0 Å². The predicted octanol–water partition coefficient (Wildman–Crippen LogP) is 4.14. The monoisotopic (exact) mass is 482 g/mol. The molecule has 1 aromatic heterocycles. The molecule has 0 bridgehead atoms. The first kappa shape index (κ1) is 22.6. The first-order valence-corrected chi connectivity index (χ1v) is 11.7. The van der Waals surface area contributed by atoms with Crippen LogP contribution < -0.4 is 15.5 Å². The van der Waals surface area contributed by atoms with Crippen molar-refractivity contribution in [2.75, 3.05) is 12.4 Å². The molecular weight excluding hydrogens is 464 g/mol. The number of halogens is 1. The number of hydrogen-bond donors (Lipinski definition) is 1. The summed E-state index contributed by atoms with van der Waals surface area (Å²) < 4.78 is 33.0. The van der Waals surface area contributed by atoms with E-state index in [0.717, 1.165) is 0 Å². The van der Waals surface area contributed by atoms with Crippen molar-refractivity contribution in [2.24, 2.45) is 0 Å². The van der Waals surface area contributed by atoms with Crippen LogP contribution in [0.4, 0.5) is 5.69 Å². The van der Waals surface area contributed by atoms with E-state index in [1.54, 1.807) is 54.6 Å². The van der Waals surface area contributed by atoms with Gasteiger partial charge in [-0.2, -0.15) is 0 Å². The van der Waals surface area contributed by atoms with Crippen molar-refractivity contribution in [3.8, 4) is 5.75 Å². The number of amides is 1. The number of methoxy groups -OCH3 is 1. The smallest absolute Gasteiger partial charge is 0.244 e. The van der Waals surface area contributed by atoms with Gasteiger partial charge < -0.3 is 14.6 Å². The van der Waals surface area contributed by atoms with Crippen LogP contribution in [0.2, 0.25) is 5.02 Å². The number of sulfone groups is 1. The molecule has 0 fully saturated rings. The highest BCUT2D eigenvalue weighted by Crippen LogP contribution is 2.23. The van der Waals surface area contributed by atoms with Gasteiger partial charge in [-0.15, -0.1) is 0 Å². The van der Waals surface area contributed by atoms with Gasteiger partial charge in [0.1, 0.15) is 17.2 Å². The van der Waals surface area contributed by atoms with Crippen molar-refractivity contribution in [1.29, 1.82) is 0 Å². The summed E-state index contributed by atoms with van der Waals surface area (Å²) in [5.41, 5.74) is 0.225. The number of rotatable bonds is 6. The van der Waals surface area contributed by atoms with Gasteiger partial charge in [-0.1, -0.05) is 35.9 Å². The van der Waals surface area contributed by atoms with Gasteiger partial charge in [0.05, 0.1) is 17.5 Å². The molecule has 1 N–H and O–H groups in total. The molecule has 0 aliphatic carbocycles. The SMILES string of the molecule is COc1cccc(NC(=O)Cn2cc(S(=O)(=O)c3ccccc3)c(=O)c3cc(Cl)ccc32)c1. The lowest BCUT2D eigenvalue weighted by atomic mass is 10.2. The summed E-state index contributed by atoms with van der Waals surface area (Å²) >= 11 is 6.08. The normalized spacial score (nSPS) is 11.3. The minimum Gasteiger partial charge on any atom is -0.497 e. The second-order valence-electron chi connectivity index (χ2n) is 7.21. The molecule has 168 valence electrons. The maximum absolute atomic E-state index is 13.2. The number of carbonyl (C=O) groups excluding carboxylic acids is 1. The third-order valence-corrected chi connectivity index (χ3v) is 7.02. The Labute approximate surface area is 195 Å². The van der Waals surface area contributed by atoms with E-state index in [9.17, 15) is 18.0 Å². The quantitative estimate of drug-likeness (QED) is 0.446. The van der Waals surface area contributed by atoms with Crippen LogP contribution >= 0.6 is 11.6 Å². The molecule has 0 unspecified atom stereocenters. The number of fused-ring (bicyclic) bond motifs is 1. The fourth-order valence-corrected chi connectivity index (χ4v) is 5.01. The molecule has 0 radical (unpaired) electrons. The third-order valence-electron chi connectivity index (χ3n) is 5.02. The summed E-state index contributed by atoms with van der Waals surface area (Å²) in [5, 5.41) is 3.14. The summed E-state index contributed by atoms with van der Waals surface area (Å²) in [6, 6.07) is 19.1. The van der Waals surface area contributed by atoms with E-state index in [2.05, 4.69) is 5.32 Å². The molecule has 0 atom stereocenters. The van der Waals surface area contributed by atoms with Crippen molar-refractivity contribution in [3.63, 3.8) is 0 Å².